The highest BCUT2D eigenvalue weighted by Gasteiger charge is 2.11. The Morgan fingerprint density at radius 3 is 2.54 bits per heavy atom. The summed E-state index contributed by atoms with van der Waals surface area (Å²) < 4.78 is 0. The third-order valence-electron chi connectivity index (χ3n) is 2.94. The molecule has 3 N–H and O–H groups in total. The largest absolute Gasteiger partial charge is 0.352 e. The van der Waals surface area contributed by atoms with Crippen LogP contribution in [0.1, 0.15) is 42.5 Å². The number of hydrogen-bond donors (Lipinski definition) is 1. The topological polar surface area (TPSA) is 27.6 Å². The fourth-order valence-electron chi connectivity index (χ4n) is 2.06. The molecule has 0 aliphatic heterocycles. The van der Waals surface area contributed by atoms with Crippen molar-refractivity contribution in [2.24, 2.45) is 0 Å². The first-order valence-corrected chi connectivity index (χ1v) is 5.22. The lowest BCUT2D eigenvalue weighted by atomic mass is 9.89. The molecule has 0 unspecified atom stereocenters. The van der Waals surface area contributed by atoms with Crippen LogP contribution < -0.4 is 5.73 Å². The summed E-state index contributed by atoms with van der Waals surface area (Å²) in [6.45, 7) is 2.16. The third kappa shape index (κ3) is 1.75. The van der Waals surface area contributed by atoms with Gasteiger partial charge in [0.05, 0.1) is 0 Å². The van der Waals surface area contributed by atoms with Gasteiger partial charge in [0.15, 0.2) is 0 Å². The summed E-state index contributed by atoms with van der Waals surface area (Å²) >= 11 is 0. The Balaban J connectivity index is 2.35. The maximum absolute atomic E-state index is 4.06. The summed E-state index contributed by atoms with van der Waals surface area (Å²) in [4.78, 5) is 0. The minimum absolute atomic E-state index is 0.423. The van der Waals surface area contributed by atoms with Crippen molar-refractivity contribution in [3.63, 3.8) is 0 Å². The summed E-state index contributed by atoms with van der Waals surface area (Å²) in [6.07, 6.45) is 5.28. The number of hydrogen-bond acceptors (Lipinski definition) is 0. The molecule has 0 spiro atoms. The molecule has 1 aromatic rings. The Labute approximate surface area is 80.0 Å². The molecule has 0 amide bonds. The summed E-state index contributed by atoms with van der Waals surface area (Å²) in [5.41, 5.74) is 8.58. The molecule has 0 fully saturated rings. The van der Waals surface area contributed by atoms with Gasteiger partial charge in [-0.2, -0.15) is 0 Å². The van der Waals surface area contributed by atoms with Crippen LogP contribution in [0.5, 0.6) is 0 Å². The zero-order valence-corrected chi connectivity index (χ0v) is 8.34. The molecule has 13 heavy (non-hydrogen) atoms. The van der Waals surface area contributed by atoms with Crippen LogP contribution in [0.25, 0.3) is 0 Å². The van der Waals surface area contributed by atoms with Crippen LogP contribution in [0.3, 0.4) is 0 Å². The monoisotopic (exact) mass is 176 g/mol. The van der Waals surface area contributed by atoms with Gasteiger partial charge in [0, 0.05) is 5.56 Å². The molecular weight excluding hydrogens is 158 g/mol. The van der Waals surface area contributed by atoms with E-state index in [1.807, 2.05) is 0 Å². The number of aryl methyl sites for hydroxylation is 2. The lowest BCUT2D eigenvalue weighted by Gasteiger charge is -2.16. The van der Waals surface area contributed by atoms with Crippen molar-refractivity contribution in [1.82, 2.24) is 0 Å². The van der Waals surface area contributed by atoms with Crippen LogP contribution in [0.4, 0.5) is 0 Å². The number of fused-ring (bicyclic) bond motifs is 1. The molecule has 0 saturated heterocycles. The Morgan fingerprint density at radius 1 is 1.15 bits per heavy atom. The van der Waals surface area contributed by atoms with Crippen LogP contribution in [0.15, 0.2) is 18.2 Å². The van der Waals surface area contributed by atoms with Crippen LogP contribution in [0.2, 0.25) is 0 Å². The molecule has 0 heterocycles. The van der Waals surface area contributed by atoms with E-state index < -0.39 is 0 Å². The van der Waals surface area contributed by atoms with Gasteiger partial charge in [-0.3, -0.25) is 0 Å². The molecule has 1 nitrogen and oxygen atoms in total. The highest BCUT2D eigenvalue weighted by molar-refractivity contribution is 5.34. The smallest absolute Gasteiger partial charge is 0.107 e. The second-order valence-corrected chi connectivity index (χ2v) is 4.14. The van der Waals surface area contributed by atoms with Crippen molar-refractivity contribution in [3.8, 4) is 0 Å². The second-order valence-electron chi connectivity index (χ2n) is 4.14. The quantitative estimate of drug-likeness (QED) is 0.676. The minimum atomic E-state index is 0.423. The van der Waals surface area contributed by atoms with E-state index in [4.69, 9.17) is 0 Å². The van der Waals surface area contributed by atoms with Crippen molar-refractivity contribution >= 4 is 0 Å². The van der Waals surface area contributed by atoms with Crippen LogP contribution in [0, 0.1) is 0 Å². The van der Waals surface area contributed by atoms with Gasteiger partial charge < -0.3 is 5.73 Å². The first-order chi connectivity index (χ1) is 6.27. The summed E-state index contributed by atoms with van der Waals surface area (Å²) in [5.74, 6) is 0. The molecule has 1 aromatic carbocycles. The highest BCUT2D eigenvalue weighted by Crippen LogP contribution is 2.23. The Hall–Kier alpha value is -0.820. The Morgan fingerprint density at radius 2 is 1.85 bits per heavy atom. The number of benzene rings is 1. The average Bonchev–Trinajstić information content (AvgIpc) is 2.17. The van der Waals surface area contributed by atoms with Crippen LogP contribution in [-0.4, -0.2) is 0 Å². The zero-order chi connectivity index (χ0) is 9.26. The Bertz CT molecular complexity index is 302. The fraction of sp³-hybridized carbons (Fsp3) is 0.500. The highest BCUT2D eigenvalue weighted by atomic mass is 14.6. The van der Waals surface area contributed by atoms with E-state index in [9.17, 15) is 0 Å². The molecule has 0 aromatic heterocycles. The molecule has 1 aliphatic rings. The molecule has 0 bridgehead atoms. The van der Waals surface area contributed by atoms with Gasteiger partial charge in [-0.15, -0.1) is 0 Å². The molecule has 0 radical (unpaired) electrons. The van der Waals surface area contributed by atoms with E-state index in [1.54, 1.807) is 11.1 Å². The number of rotatable bonds is 1. The Kier molecular flexibility index (Phi) is 2.36. The minimum Gasteiger partial charge on any atom is -0.352 e. The van der Waals surface area contributed by atoms with E-state index >= 15 is 0 Å². The predicted molar refractivity (Wildman–Crippen MR) is 54.4 cm³/mol. The zero-order valence-electron chi connectivity index (χ0n) is 8.34. The van der Waals surface area contributed by atoms with Crippen molar-refractivity contribution < 1.29 is 5.73 Å². The molecule has 70 valence electrons. The van der Waals surface area contributed by atoms with Crippen LogP contribution in [-0.2, 0) is 12.8 Å². The summed E-state index contributed by atoms with van der Waals surface area (Å²) in [5, 5.41) is 0. The van der Waals surface area contributed by atoms with Gasteiger partial charge in [0.1, 0.15) is 6.04 Å². The van der Waals surface area contributed by atoms with Gasteiger partial charge in [-0.05, 0) is 49.8 Å². The van der Waals surface area contributed by atoms with E-state index in [-0.39, 0.29) is 0 Å². The van der Waals surface area contributed by atoms with Crippen LogP contribution >= 0.6 is 0 Å². The first-order valence-electron chi connectivity index (χ1n) is 5.22. The maximum atomic E-state index is 4.06. The molecule has 2 rings (SSSR count). The van der Waals surface area contributed by atoms with Gasteiger partial charge in [0.2, 0.25) is 0 Å². The average molecular weight is 176 g/mol. The summed E-state index contributed by atoms with van der Waals surface area (Å²) in [7, 11) is 0. The van der Waals surface area contributed by atoms with Gasteiger partial charge in [0.25, 0.3) is 0 Å². The molecular formula is C12H18N+. The van der Waals surface area contributed by atoms with E-state index in [0.717, 1.165) is 0 Å². The van der Waals surface area contributed by atoms with Gasteiger partial charge in [-0.25, -0.2) is 0 Å². The first kappa shape index (κ1) is 8.76. The molecule has 1 atom stereocenters. The maximum Gasteiger partial charge on any atom is 0.107 e. The summed E-state index contributed by atoms with van der Waals surface area (Å²) in [6, 6.07) is 7.31. The fourth-order valence-corrected chi connectivity index (χ4v) is 2.06. The van der Waals surface area contributed by atoms with Gasteiger partial charge >= 0.3 is 0 Å². The lowest BCUT2D eigenvalue weighted by molar-refractivity contribution is -0.420. The molecule has 1 aliphatic carbocycles. The van der Waals surface area contributed by atoms with Crippen molar-refractivity contribution in [2.45, 2.75) is 38.6 Å². The SMILES string of the molecule is C[C@H]([NH3+])c1ccc2c(c1)CCCC2. The van der Waals surface area contributed by atoms with Gasteiger partial charge in [-0.1, -0.05) is 12.1 Å². The van der Waals surface area contributed by atoms with E-state index in [2.05, 4.69) is 30.9 Å². The van der Waals surface area contributed by atoms with Crippen molar-refractivity contribution in [3.05, 3.63) is 34.9 Å². The second kappa shape index (κ2) is 3.51. The predicted octanol–water partition coefficient (Wildman–Crippen LogP) is 1.87. The van der Waals surface area contributed by atoms with E-state index in [0.29, 0.717) is 6.04 Å². The number of quaternary nitrogens is 1. The standard InChI is InChI=1S/C12H17N/c1-9(13)11-7-6-10-4-2-3-5-12(10)8-11/h6-9H,2-5,13H2,1H3/p+1/t9-/m0/s1. The van der Waals surface area contributed by atoms with E-state index in [1.165, 1.54) is 31.2 Å². The molecule has 0 saturated carbocycles. The van der Waals surface area contributed by atoms with Crippen molar-refractivity contribution in [1.29, 1.82) is 0 Å². The third-order valence-corrected chi connectivity index (χ3v) is 2.94. The van der Waals surface area contributed by atoms with Crippen molar-refractivity contribution in [2.75, 3.05) is 0 Å². The molecule has 1 heteroatoms. The normalized spacial score (nSPS) is 18.0. The lowest BCUT2D eigenvalue weighted by Crippen LogP contribution is -2.51.